The van der Waals surface area contributed by atoms with Gasteiger partial charge >= 0.3 is 6.18 Å². The Bertz CT molecular complexity index is 1420. The molecule has 2 N–H and O–H groups in total. The van der Waals surface area contributed by atoms with Crippen molar-refractivity contribution in [3.8, 4) is 16.9 Å². The average molecular weight is 480 g/mol. The number of rotatable bonds is 3. The molecule has 5 rings (SSSR count). The summed E-state index contributed by atoms with van der Waals surface area (Å²) in [5.41, 5.74) is 6.69. The molecule has 0 saturated heterocycles. The summed E-state index contributed by atoms with van der Waals surface area (Å²) in [6.07, 6.45) is -2.64. The molecule has 0 aliphatic heterocycles. The van der Waals surface area contributed by atoms with E-state index in [9.17, 15) is 22.8 Å². The molecular weight excluding hydrogens is 461 g/mol. The second kappa shape index (κ2) is 8.46. The maximum absolute atomic E-state index is 13.7. The molecule has 0 saturated carbocycles. The number of halogens is 3. The van der Waals surface area contributed by atoms with Gasteiger partial charge in [-0.3, -0.25) is 20.4 Å². The van der Waals surface area contributed by atoms with Crippen LogP contribution in [0.5, 0.6) is 0 Å². The van der Waals surface area contributed by atoms with E-state index in [0.717, 1.165) is 5.56 Å². The topological polar surface area (TPSA) is 89.2 Å². The first-order chi connectivity index (χ1) is 16.7. The van der Waals surface area contributed by atoms with Crippen LogP contribution in [0, 0.1) is 6.92 Å². The number of hydrazine groups is 1. The van der Waals surface area contributed by atoms with Crippen molar-refractivity contribution in [3.63, 3.8) is 0 Å². The van der Waals surface area contributed by atoms with Gasteiger partial charge in [0.1, 0.15) is 5.76 Å². The van der Waals surface area contributed by atoms with Crippen molar-refractivity contribution < 1.29 is 27.2 Å². The number of nitrogens with one attached hydrogen (secondary N) is 2. The first kappa shape index (κ1) is 22.5. The molecule has 0 bridgehead atoms. The number of fused-ring (bicyclic) bond motifs is 3. The van der Waals surface area contributed by atoms with Crippen LogP contribution < -0.4 is 10.9 Å². The van der Waals surface area contributed by atoms with Crippen molar-refractivity contribution in [2.75, 3.05) is 0 Å². The molecule has 2 aromatic carbocycles. The summed E-state index contributed by atoms with van der Waals surface area (Å²) in [7, 11) is 0. The number of hydrogen-bond acceptors (Lipinski definition) is 4. The minimum absolute atomic E-state index is 0.118. The third-order valence-electron chi connectivity index (χ3n) is 5.83. The summed E-state index contributed by atoms with van der Waals surface area (Å²) in [5, 5.41) is 3.88. The van der Waals surface area contributed by atoms with Crippen LogP contribution in [0.15, 0.2) is 65.3 Å². The summed E-state index contributed by atoms with van der Waals surface area (Å²) < 4.78 is 47.7. The van der Waals surface area contributed by atoms with Gasteiger partial charge in [-0.15, -0.1) is 0 Å². The normalized spacial score (nSPS) is 12.6. The standard InChI is InChI=1S/C25H19F3N4O3/c1-14-2-4-15(5-3-14)23(33)29-30-24(34)16-6-8-17(9-7-16)32-21-18-12-13-35-20(18)11-10-19(21)22(31-32)25(26,27)28/h2-9,12-13H,10-11H2,1H3,(H,29,33)(H,30,34). The lowest BCUT2D eigenvalue weighted by molar-refractivity contribution is -0.142. The van der Waals surface area contributed by atoms with E-state index < -0.39 is 23.7 Å². The van der Waals surface area contributed by atoms with Crippen LogP contribution in [0.25, 0.3) is 16.9 Å². The highest BCUT2D eigenvalue weighted by atomic mass is 19.4. The number of amides is 2. The van der Waals surface area contributed by atoms with Crippen LogP contribution in [0.4, 0.5) is 13.2 Å². The van der Waals surface area contributed by atoms with E-state index >= 15 is 0 Å². The van der Waals surface area contributed by atoms with Crippen molar-refractivity contribution >= 4 is 11.8 Å². The smallest absolute Gasteiger partial charge is 0.435 e. The highest BCUT2D eigenvalue weighted by molar-refractivity contribution is 5.99. The Balaban J connectivity index is 1.38. The SMILES string of the molecule is Cc1ccc(C(=O)NNC(=O)c2ccc(-n3nc(C(F)(F)F)c4c3-c3ccoc3CC4)cc2)cc1. The minimum Gasteiger partial charge on any atom is -0.469 e. The number of furan rings is 1. The summed E-state index contributed by atoms with van der Waals surface area (Å²) in [6, 6.07) is 14.3. The van der Waals surface area contributed by atoms with Gasteiger partial charge in [-0.1, -0.05) is 17.7 Å². The fraction of sp³-hybridized carbons (Fsp3) is 0.160. The molecule has 4 aromatic rings. The van der Waals surface area contributed by atoms with Crippen molar-refractivity contribution in [1.29, 1.82) is 0 Å². The van der Waals surface area contributed by atoms with Crippen molar-refractivity contribution in [3.05, 3.63) is 94.6 Å². The van der Waals surface area contributed by atoms with Gasteiger partial charge in [0.15, 0.2) is 5.69 Å². The number of aromatic nitrogens is 2. The van der Waals surface area contributed by atoms with E-state index in [2.05, 4.69) is 16.0 Å². The van der Waals surface area contributed by atoms with Crippen LogP contribution in [-0.2, 0) is 19.0 Å². The molecule has 7 nitrogen and oxygen atoms in total. The van der Waals surface area contributed by atoms with Gasteiger partial charge in [-0.05, 0) is 55.8 Å². The number of benzene rings is 2. The average Bonchev–Trinajstić information content (AvgIpc) is 3.47. The zero-order valence-corrected chi connectivity index (χ0v) is 18.4. The maximum Gasteiger partial charge on any atom is 0.435 e. The Morgan fingerprint density at radius 1 is 0.914 bits per heavy atom. The second-order valence-corrected chi connectivity index (χ2v) is 8.16. The molecule has 10 heteroatoms. The van der Waals surface area contributed by atoms with E-state index in [4.69, 9.17) is 4.42 Å². The number of hydrogen-bond donors (Lipinski definition) is 2. The van der Waals surface area contributed by atoms with E-state index in [1.165, 1.54) is 35.2 Å². The predicted octanol–water partition coefficient (Wildman–Crippen LogP) is 4.63. The Labute approximate surface area is 197 Å². The van der Waals surface area contributed by atoms with Gasteiger partial charge in [0.25, 0.3) is 11.8 Å². The summed E-state index contributed by atoms with van der Waals surface area (Å²) >= 11 is 0. The van der Waals surface area contributed by atoms with Crippen LogP contribution in [0.1, 0.15) is 43.3 Å². The lowest BCUT2D eigenvalue weighted by Gasteiger charge is -2.15. The fourth-order valence-corrected chi connectivity index (χ4v) is 4.08. The van der Waals surface area contributed by atoms with Gasteiger partial charge in [-0.2, -0.15) is 18.3 Å². The van der Waals surface area contributed by atoms with Crippen molar-refractivity contribution in [2.45, 2.75) is 25.9 Å². The highest BCUT2D eigenvalue weighted by Crippen LogP contribution is 2.42. The second-order valence-electron chi connectivity index (χ2n) is 8.16. The molecule has 0 fully saturated rings. The molecule has 35 heavy (non-hydrogen) atoms. The molecule has 0 spiro atoms. The van der Waals surface area contributed by atoms with Crippen LogP contribution in [-0.4, -0.2) is 21.6 Å². The first-order valence-corrected chi connectivity index (χ1v) is 10.8. The number of nitrogens with zero attached hydrogens (tertiary/aromatic N) is 2. The Hall–Kier alpha value is -4.34. The van der Waals surface area contributed by atoms with Crippen molar-refractivity contribution in [1.82, 2.24) is 20.6 Å². The summed E-state index contributed by atoms with van der Waals surface area (Å²) in [4.78, 5) is 24.7. The van der Waals surface area contributed by atoms with Gasteiger partial charge < -0.3 is 4.42 Å². The highest BCUT2D eigenvalue weighted by Gasteiger charge is 2.41. The molecular formula is C25H19F3N4O3. The fourth-order valence-electron chi connectivity index (χ4n) is 4.08. The van der Waals surface area contributed by atoms with Gasteiger partial charge in [0.2, 0.25) is 0 Å². The molecule has 2 aromatic heterocycles. The van der Waals surface area contributed by atoms with Crippen LogP contribution in [0.3, 0.4) is 0 Å². The van der Waals surface area contributed by atoms with Crippen LogP contribution in [0.2, 0.25) is 0 Å². The Morgan fingerprint density at radius 2 is 1.51 bits per heavy atom. The molecule has 1 aliphatic rings. The Kier molecular flexibility index (Phi) is 5.43. The van der Waals surface area contributed by atoms with Gasteiger partial charge in [0.05, 0.1) is 17.6 Å². The summed E-state index contributed by atoms with van der Waals surface area (Å²) in [6.45, 7) is 1.89. The predicted molar refractivity (Wildman–Crippen MR) is 120 cm³/mol. The third-order valence-corrected chi connectivity index (χ3v) is 5.83. The molecule has 2 heterocycles. The molecule has 0 atom stereocenters. The zero-order chi connectivity index (χ0) is 24.7. The molecule has 1 aliphatic carbocycles. The van der Waals surface area contributed by atoms with Gasteiger partial charge in [-0.25, -0.2) is 4.68 Å². The quantitative estimate of drug-likeness (QED) is 0.419. The van der Waals surface area contributed by atoms with E-state index in [1.807, 2.05) is 6.92 Å². The monoisotopic (exact) mass is 480 g/mol. The molecule has 0 unspecified atom stereocenters. The largest absolute Gasteiger partial charge is 0.469 e. The lowest BCUT2D eigenvalue weighted by atomic mass is 9.94. The van der Waals surface area contributed by atoms with Crippen LogP contribution >= 0.6 is 0 Å². The third kappa shape index (κ3) is 4.18. The van der Waals surface area contributed by atoms with Gasteiger partial charge in [0, 0.05) is 28.7 Å². The lowest BCUT2D eigenvalue weighted by Crippen LogP contribution is -2.41. The number of alkyl halides is 3. The zero-order valence-electron chi connectivity index (χ0n) is 18.4. The molecule has 178 valence electrons. The van der Waals surface area contributed by atoms with E-state index in [1.54, 1.807) is 30.3 Å². The minimum atomic E-state index is -4.61. The Morgan fingerprint density at radius 3 is 2.11 bits per heavy atom. The summed E-state index contributed by atoms with van der Waals surface area (Å²) in [5.74, 6) is -0.450. The molecule has 0 radical (unpaired) electrons. The number of aryl methyl sites for hydroxylation is 2. The first-order valence-electron chi connectivity index (χ1n) is 10.8. The van der Waals surface area contributed by atoms with E-state index in [-0.39, 0.29) is 17.5 Å². The van der Waals surface area contributed by atoms with E-state index in [0.29, 0.717) is 34.7 Å². The number of carbonyl (C=O) groups is 2. The molecule has 2 amide bonds. The number of carbonyl (C=O) groups excluding carboxylic acids is 2. The maximum atomic E-state index is 13.7. The van der Waals surface area contributed by atoms with Crippen molar-refractivity contribution in [2.24, 2.45) is 0 Å².